The average molecular weight is 302 g/mol. The van der Waals surface area contributed by atoms with E-state index in [2.05, 4.69) is 0 Å². The summed E-state index contributed by atoms with van der Waals surface area (Å²) in [5.74, 6) is 0.261. The zero-order valence-corrected chi connectivity index (χ0v) is 12.9. The van der Waals surface area contributed by atoms with Gasteiger partial charge >= 0.3 is 0 Å². The third-order valence-corrected chi connectivity index (χ3v) is 6.65. The Morgan fingerprint density at radius 2 is 1.95 bits per heavy atom. The normalized spacial score (nSPS) is 24.1. The van der Waals surface area contributed by atoms with Crippen LogP contribution in [0.4, 0.5) is 0 Å². The first kappa shape index (κ1) is 14.8. The maximum atomic E-state index is 12.2. The molecule has 0 saturated carbocycles. The van der Waals surface area contributed by atoms with Crippen LogP contribution in [0.25, 0.3) is 0 Å². The van der Waals surface area contributed by atoms with E-state index in [-0.39, 0.29) is 5.75 Å². The number of benzene rings is 1. The first-order valence-corrected chi connectivity index (χ1v) is 8.66. The van der Waals surface area contributed by atoms with E-state index in [4.69, 9.17) is 17.3 Å². The monoisotopic (exact) mass is 301 g/mol. The summed E-state index contributed by atoms with van der Waals surface area (Å²) < 4.78 is 24.3. The molecule has 1 aromatic rings. The Morgan fingerprint density at radius 3 is 2.58 bits per heavy atom. The summed E-state index contributed by atoms with van der Waals surface area (Å²) in [4.78, 5) is 0. The molecule has 2 rings (SSSR count). The molecule has 106 valence electrons. The minimum Gasteiger partial charge on any atom is -0.323 e. The van der Waals surface area contributed by atoms with E-state index >= 15 is 0 Å². The molecule has 1 aliphatic rings. The zero-order chi connectivity index (χ0) is 14.2. The van der Waals surface area contributed by atoms with Crippen molar-refractivity contribution in [3.8, 4) is 0 Å². The number of nitrogens with two attached hydrogens (primary N) is 1. The van der Waals surface area contributed by atoms with Gasteiger partial charge in [-0.05, 0) is 49.4 Å². The van der Waals surface area contributed by atoms with Gasteiger partial charge in [-0.25, -0.2) is 8.42 Å². The molecule has 0 amide bonds. The van der Waals surface area contributed by atoms with Crippen molar-refractivity contribution in [2.24, 2.45) is 5.73 Å². The highest BCUT2D eigenvalue weighted by atomic mass is 35.5. The number of halogens is 1. The molecule has 2 N–H and O–H groups in total. The third-order valence-electron chi connectivity index (χ3n) is 3.94. The van der Waals surface area contributed by atoms with Crippen LogP contribution < -0.4 is 5.73 Å². The van der Waals surface area contributed by atoms with Crippen molar-refractivity contribution >= 4 is 21.4 Å². The summed E-state index contributed by atoms with van der Waals surface area (Å²) in [5.41, 5.74) is 9.04. The zero-order valence-electron chi connectivity index (χ0n) is 11.3. The highest BCUT2D eigenvalue weighted by Gasteiger charge is 2.35. The van der Waals surface area contributed by atoms with Gasteiger partial charge in [0.05, 0.1) is 11.0 Å². The van der Waals surface area contributed by atoms with Gasteiger partial charge in [-0.1, -0.05) is 24.1 Å². The molecule has 1 heterocycles. The van der Waals surface area contributed by atoms with Gasteiger partial charge in [-0.2, -0.15) is 0 Å². The molecule has 0 spiro atoms. The third kappa shape index (κ3) is 2.96. The van der Waals surface area contributed by atoms with Crippen molar-refractivity contribution in [3.63, 3.8) is 0 Å². The Kier molecular flexibility index (Phi) is 4.23. The van der Waals surface area contributed by atoms with Crippen molar-refractivity contribution in [1.82, 2.24) is 0 Å². The Balaban J connectivity index is 2.39. The van der Waals surface area contributed by atoms with Gasteiger partial charge < -0.3 is 5.73 Å². The van der Waals surface area contributed by atoms with Crippen molar-refractivity contribution in [1.29, 1.82) is 0 Å². The van der Waals surface area contributed by atoms with Crippen LogP contribution in [0.5, 0.6) is 0 Å². The maximum Gasteiger partial charge on any atom is 0.155 e. The molecule has 1 aromatic carbocycles. The van der Waals surface area contributed by atoms with E-state index in [1.165, 1.54) is 0 Å². The SMILES string of the molecule is Cc1cc(C(N)C2CCCCS2(=O)=O)c(C)cc1Cl. The number of aryl methyl sites for hydroxylation is 2. The van der Waals surface area contributed by atoms with Gasteiger partial charge in [0, 0.05) is 11.1 Å². The Morgan fingerprint density at radius 1 is 1.26 bits per heavy atom. The van der Waals surface area contributed by atoms with Crippen molar-refractivity contribution < 1.29 is 8.42 Å². The molecule has 0 aromatic heterocycles. The lowest BCUT2D eigenvalue weighted by molar-refractivity contribution is 0.504. The van der Waals surface area contributed by atoms with Gasteiger partial charge in [0.15, 0.2) is 9.84 Å². The second-order valence-electron chi connectivity index (χ2n) is 5.38. The Bertz CT molecular complexity index is 583. The van der Waals surface area contributed by atoms with E-state index in [0.29, 0.717) is 11.4 Å². The van der Waals surface area contributed by atoms with Gasteiger partial charge in [-0.3, -0.25) is 0 Å². The smallest absolute Gasteiger partial charge is 0.155 e. The highest BCUT2D eigenvalue weighted by Crippen LogP contribution is 2.32. The van der Waals surface area contributed by atoms with Crippen LogP contribution in [0.2, 0.25) is 5.02 Å². The van der Waals surface area contributed by atoms with Crippen LogP contribution in [0, 0.1) is 13.8 Å². The molecule has 0 radical (unpaired) electrons. The highest BCUT2D eigenvalue weighted by molar-refractivity contribution is 7.92. The second-order valence-corrected chi connectivity index (χ2v) is 8.13. The molecule has 0 bridgehead atoms. The quantitative estimate of drug-likeness (QED) is 0.913. The average Bonchev–Trinajstić information content (AvgIpc) is 2.32. The second kappa shape index (κ2) is 5.43. The predicted octanol–water partition coefficient (Wildman–Crippen LogP) is 2.92. The van der Waals surface area contributed by atoms with E-state index in [1.54, 1.807) is 0 Å². The van der Waals surface area contributed by atoms with Crippen LogP contribution in [0.3, 0.4) is 0 Å². The minimum absolute atomic E-state index is 0.261. The molecule has 5 heteroatoms. The molecule has 2 unspecified atom stereocenters. The van der Waals surface area contributed by atoms with Gasteiger partial charge in [0.1, 0.15) is 0 Å². The number of sulfone groups is 1. The van der Waals surface area contributed by atoms with Crippen LogP contribution >= 0.6 is 11.6 Å². The number of hydrogen-bond acceptors (Lipinski definition) is 3. The lowest BCUT2D eigenvalue weighted by Gasteiger charge is -2.29. The molecule has 3 nitrogen and oxygen atoms in total. The van der Waals surface area contributed by atoms with Crippen molar-refractivity contribution in [2.75, 3.05) is 5.75 Å². The lowest BCUT2D eigenvalue weighted by Crippen LogP contribution is -2.38. The fraction of sp³-hybridized carbons (Fsp3) is 0.571. The molecule has 1 fully saturated rings. The summed E-state index contributed by atoms with van der Waals surface area (Å²) in [7, 11) is -3.07. The molecular formula is C14H20ClNO2S. The molecule has 2 atom stereocenters. The predicted molar refractivity (Wildman–Crippen MR) is 79.3 cm³/mol. The minimum atomic E-state index is -3.07. The molecule has 1 saturated heterocycles. The molecular weight excluding hydrogens is 282 g/mol. The van der Waals surface area contributed by atoms with Crippen LogP contribution in [0.1, 0.15) is 42.0 Å². The summed E-state index contributed by atoms with van der Waals surface area (Å²) in [6.07, 6.45) is 2.35. The standard InChI is InChI=1S/C14H20ClNO2S/c1-9-8-12(15)10(2)7-11(9)14(16)13-5-3-4-6-19(13,17)18/h7-8,13-14H,3-6,16H2,1-2H3. The fourth-order valence-electron chi connectivity index (χ4n) is 2.75. The van der Waals surface area contributed by atoms with Gasteiger partial charge in [-0.15, -0.1) is 0 Å². The summed E-state index contributed by atoms with van der Waals surface area (Å²) in [6.45, 7) is 3.84. The fourth-order valence-corrected chi connectivity index (χ4v) is 4.99. The summed E-state index contributed by atoms with van der Waals surface area (Å²) in [6, 6.07) is 3.33. The van der Waals surface area contributed by atoms with Crippen LogP contribution in [0.15, 0.2) is 12.1 Å². The number of rotatable bonds is 2. The van der Waals surface area contributed by atoms with E-state index < -0.39 is 21.1 Å². The van der Waals surface area contributed by atoms with E-state index in [1.807, 2.05) is 26.0 Å². The lowest BCUT2D eigenvalue weighted by atomic mass is 9.95. The van der Waals surface area contributed by atoms with E-state index in [0.717, 1.165) is 29.5 Å². The molecule has 0 aliphatic carbocycles. The first-order valence-electron chi connectivity index (χ1n) is 6.56. The molecule has 19 heavy (non-hydrogen) atoms. The van der Waals surface area contributed by atoms with Gasteiger partial charge in [0.2, 0.25) is 0 Å². The van der Waals surface area contributed by atoms with Crippen molar-refractivity contribution in [3.05, 3.63) is 33.8 Å². The Labute approximate surface area is 120 Å². The van der Waals surface area contributed by atoms with Crippen LogP contribution in [-0.2, 0) is 9.84 Å². The van der Waals surface area contributed by atoms with Crippen LogP contribution in [-0.4, -0.2) is 19.4 Å². The largest absolute Gasteiger partial charge is 0.323 e. The molecule has 1 aliphatic heterocycles. The summed E-state index contributed by atoms with van der Waals surface area (Å²) >= 11 is 6.07. The van der Waals surface area contributed by atoms with E-state index in [9.17, 15) is 8.42 Å². The number of hydrogen-bond donors (Lipinski definition) is 1. The maximum absolute atomic E-state index is 12.2. The summed E-state index contributed by atoms with van der Waals surface area (Å²) in [5, 5.41) is 0.237. The first-order chi connectivity index (χ1) is 8.83. The topological polar surface area (TPSA) is 60.2 Å². The Hall–Kier alpha value is -0.580. The van der Waals surface area contributed by atoms with Gasteiger partial charge in [0.25, 0.3) is 0 Å². The van der Waals surface area contributed by atoms with Crippen molar-refractivity contribution in [2.45, 2.75) is 44.4 Å².